The van der Waals surface area contributed by atoms with Gasteiger partial charge in [-0.1, -0.05) is 65.9 Å². The van der Waals surface area contributed by atoms with Crippen LogP contribution in [0.1, 0.15) is 27.7 Å². The van der Waals surface area contributed by atoms with Crippen molar-refractivity contribution in [2.45, 2.75) is 6.04 Å². The predicted octanol–water partition coefficient (Wildman–Crippen LogP) is 2.01. The van der Waals surface area contributed by atoms with E-state index in [9.17, 15) is 4.79 Å². The van der Waals surface area contributed by atoms with Crippen LogP contribution in [0, 0.1) is 0 Å². The fourth-order valence-corrected chi connectivity index (χ4v) is 2.28. The summed E-state index contributed by atoms with van der Waals surface area (Å²) in [5, 5.41) is 7.88. The molecule has 0 fully saturated rings. The molecule has 0 saturated heterocycles. The van der Waals surface area contributed by atoms with Gasteiger partial charge in [0.1, 0.15) is 6.04 Å². The van der Waals surface area contributed by atoms with E-state index in [4.69, 9.17) is 5.73 Å². The van der Waals surface area contributed by atoms with Crippen molar-refractivity contribution in [1.29, 1.82) is 0 Å². The number of hydrogen-bond acceptors (Lipinski definition) is 3. The van der Waals surface area contributed by atoms with Gasteiger partial charge in [-0.3, -0.25) is 4.79 Å². The van der Waals surface area contributed by atoms with Crippen molar-refractivity contribution in [3.05, 3.63) is 83.7 Å². The molecule has 0 aliphatic heterocycles. The summed E-state index contributed by atoms with van der Waals surface area (Å²) in [6.07, 6.45) is 1.58. The Balaban J connectivity index is 2.10. The number of nitrogens with zero attached hydrogens (tertiary/aromatic N) is 3. The molecule has 5 nitrogen and oxygen atoms in total. The van der Waals surface area contributed by atoms with Crippen LogP contribution in [-0.4, -0.2) is 20.9 Å². The summed E-state index contributed by atoms with van der Waals surface area (Å²) in [6.45, 7) is 0. The number of amides is 1. The lowest BCUT2D eigenvalue weighted by Crippen LogP contribution is -2.13. The van der Waals surface area contributed by atoms with Crippen LogP contribution in [-0.2, 0) is 0 Å². The first kappa shape index (κ1) is 13.1. The van der Waals surface area contributed by atoms with Gasteiger partial charge in [-0.2, -0.15) is 0 Å². The first-order valence-electron chi connectivity index (χ1n) is 6.57. The van der Waals surface area contributed by atoms with Gasteiger partial charge in [0.05, 0.1) is 6.20 Å². The van der Waals surface area contributed by atoms with Gasteiger partial charge in [-0.15, -0.1) is 5.10 Å². The normalized spacial score (nSPS) is 10.7. The van der Waals surface area contributed by atoms with E-state index in [1.165, 1.54) is 0 Å². The first-order chi connectivity index (χ1) is 10.3. The lowest BCUT2D eigenvalue weighted by atomic mass is 9.99. The molecule has 1 aromatic heterocycles. The van der Waals surface area contributed by atoms with Crippen molar-refractivity contribution < 1.29 is 4.79 Å². The van der Waals surface area contributed by atoms with Crippen molar-refractivity contribution in [2.24, 2.45) is 5.73 Å². The highest BCUT2D eigenvalue weighted by molar-refractivity contribution is 5.90. The molecule has 3 rings (SSSR count). The van der Waals surface area contributed by atoms with Crippen molar-refractivity contribution in [3.8, 4) is 0 Å². The third-order valence-corrected chi connectivity index (χ3v) is 3.26. The predicted molar refractivity (Wildman–Crippen MR) is 78.7 cm³/mol. The standard InChI is InChI=1S/C16H14N4O/c17-16(21)14-11-20(19-18-14)15(12-7-3-1-4-8-12)13-9-5-2-6-10-13/h1-11,15H,(H2,17,21). The molecule has 0 bridgehead atoms. The number of carbonyl (C=O) groups excluding carboxylic acids is 1. The lowest BCUT2D eigenvalue weighted by Gasteiger charge is -2.17. The SMILES string of the molecule is NC(=O)c1cn(C(c2ccccc2)c2ccccc2)nn1. The van der Waals surface area contributed by atoms with Crippen molar-refractivity contribution in [2.75, 3.05) is 0 Å². The van der Waals surface area contributed by atoms with Gasteiger partial charge in [0.2, 0.25) is 0 Å². The van der Waals surface area contributed by atoms with Gasteiger partial charge >= 0.3 is 0 Å². The molecule has 104 valence electrons. The zero-order valence-electron chi connectivity index (χ0n) is 11.3. The molecule has 0 aliphatic carbocycles. The Morgan fingerprint density at radius 2 is 1.48 bits per heavy atom. The Morgan fingerprint density at radius 1 is 0.952 bits per heavy atom. The third-order valence-electron chi connectivity index (χ3n) is 3.26. The second-order valence-electron chi connectivity index (χ2n) is 4.67. The highest BCUT2D eigenvalue weighted by atomic mass is 16.1. The summed E-state index contributed by atoms with van der Waals surface area (Å²) in [5.74, 6) is -0.582. The van der Waals surface area contributed by atoms with Gasteiger partial charge in [0.15, 0.2) is 5.69 Å². The van der Waals surface area contributed by atoms with Crippen molar-refractivity contribution in [3.63, 3.8) is 0 Å². The summed E-state index contributed by atoms with van der Waals surface area (Å²) >= 11 is 0. The largest absolute Gasteiger partial charge is 0.364 e. The minimum absolute atomic E-state index is 0.145. The molecule has 5 heteroatoms. The van der Waals surface area contributed by atoms with E-state index < -0.39 is 5.91 Å². The summed E-state index contributed by atoms with van der Waals surface area (Å²) < 4.78 is 1.66. The number of aromatic nitrogens is 3. The second-order valence-corrected chi connectivity index (χ2v) is 4.67. The zero-order chi connectivity index (χ0) is 14.7. The molecule has 1 amide bonds. The lowest BCUT2D eigenvalue weighted by molar-refractivity contribution is 0.0995. The number of rotatable bonds is 4. The fourth-order valence-electron chi connectivity index (χ4n) is 2.28. The van der Waals surface area contributed by atoms with E-state index in [0.717, 1.165) is 11.1 Å². The van der Waals surface area contributed by atoms with Crippen LogP contribution in [0.25, 0.3) is 0 Å². The van der Waals surface area contributed by atoms with Crippen LogP contribution in [0.15, 0.2) is 66.9 Å². The minimum atomic E-state index is -0.582. The Labute approximate surface area is 122 Å². The summed E-state index contributed by atoms with van der Waals surface area (Å²) in [6, 6.07) is 19.7. The first-order valence-corrected chi connectivity index (χ1v) is 6.57. The highest BCUT2D eigenvalue weighted by Crippen LogP contribution is 2.25. The van der Waals surface area contributed by atoms with E-state index in [1.54, 1.807) is 10.9 Å². The average Bonchev–Trinajstić information content (AvgIpc) is 3.00. The molecule has 0 aliphatic rings. The molecule has 0 saturated carbocycles. The Hall–Kier alpha value is -2.95. The van der Waals surface area contributed by atoms with E-state index in [1.807, 2.05) is 60.7 Å². The monoisotopic (exact) mass is 278 g/mol. The quantitative estimate of drug-likeness (QED) is 0.793. The summed E-state index contributed by atoms with van der Waals surface area (Å²) in [5.41, 5.74) is 7.53. The minimum Gasteiger partial charge on any atom is -0.364 e. The highest BCUT2D eigenvalue weighted by Gasteiger charge is 2.18. The Kier molecular flexibility index (Phi) is 3.47. The maximum atomic E-state index is 11.2. The molecular formula is C16H14N4O. The molecule has 0 radical (unpaired) electrons. The van der Waals surface area contributed by atoms with Crippen molar-refractivity contribution in [1.82, 2.24) is 15.0 Å². The number of benzene rings is 2. The van der Waals surface area contributed by atoms with E-state index in [2.05, 4.69) is 10.3 Å². The Bertz CT molecular complexity index is 698. The number of primary amides is 1. The molecule has 0 unspecified atom stereocenters. The van der Waals surface area contributed by atoms with Gasteiger partial charge in [0.25, 0.3) is 5.91 Å². The Morgan fingerprint density at radius 3 is 1.90 bits per heavy atom. The molecular weight excluding hydrogens is 264 g/mol. The van der Waals surface area contributed by atoms with Crippen LogP contribution in [0.3, 0.4) is 0 Å². The van der Waals surface area contributed by atoms with Gasteiger partial charge in [-0.25, -0.2) is 4.68 Å². The fraction of sp³-hybridized carbons (Fsp3) is 0.0625. The van der Waals surface area contributed by atoms with Crippen LogP contribution in [0.5, 0.6) is 0 Å². The molecule has 3 aromatic rings. The maximum absolute atomic E-state index is 11.2. The van der Waals surface area contributed by atoms with Gasteiger partial charge in [0, 0.05) is 0 Å². The molecule has 2 N–H and O–H groups in total. The molecule has 1 heterocycles. The molecule has 21 heavy (non-hydrogen) atoms. The average molecular weight is 278 g/mol. The van der Waals surface area contributed by atoms with Gasteiger partial charge in [-0.05, 0) is 11.1 Å². The summed E-state index contributed by atoms with van der Waals surface area (Å²) in [7, 11) is 0. The number of hydrogen-bond donors (Lipinski definition) is 1. The zero-order valence-corrected chi connectivity index (χ0v) is 11.3. The van der Waals surface area contributed by atoms with E-state index >= 15 is 0 Å². The van der Waals surface area contributed by atoms with Crippen molar-refractivity contribution >= 4 is 5.91 Å². The smallest absolute Gasteiger partial charge is 0.270 e. The molecule has 2 aromatic carbocycles. The van der Waals surface area contributed by atoms with Crippen LogP contribution >= 0.6 is 0 Å². The van der Waals surface area contributed by atoms with E-state index in [0.29, 0.717) is 0 Å². The van der Waals surface area contributed by atoms with Crippen LogP contribution < -0.4 is 5.73 Å². The maximum Gasteiger partial charge on any atom is 0.270 e. The van der Waals surface area contributed by atoms with E-state index in [-0.39, 0.29) is 11.7 Å². The third kappa shape index (κ3) is 2.67. The van der Waals surface area contributed by atoms with Gasteiger partial charge < -0.3 is 5.73 Å². The summed E-state index contributed by atoms with van der Waals surface area (Å²) in [4.78, 5) is 11.2. The topological polar surface area (TPSA) is 73.8 Å². The second kappa shape index (κ2) is 5.58. The molecule has 0 atom stereocenters. The van der Waals surface area contributed by atoms with Crippen LogP contribution in [0.4, 0.5) is 0 Å². The number of nitrogens with two attached hydrogens (primary N) is 1. The number of carbonyl (C=O) groups is 1. The van der Waals surface area contributed by atoms with Crippen LogP contribution in [0.2, 0.25) is 0 Å². The molecule has 0 spiro atoms.